The number of carboxylic acids is 1. The molecule has 80 valence electrons. The normalized spacial score (nSPS) is 27.4. The van der Waals surface area contributed by atoms with E-state index in [0.29, 0.717) is 13.0 Å². The Bertz CT molecular complexity index is 221. The molecule has 0 aromatic heterocycles. The number of hydrogen-bond acceptors (Lipinski definition) is 3. The molecule has 1 rings (SSSR count). The van der Waals surface area contributed by atoms with Gasteiger partial charge in [0.05, 0.1) is 5.92 Å². The zero-order valence-corrected chi connectivity index (χ0v) is 7.93. The van der Waals surface area contributed by atoms with E-state index in [4.69, 9.17) is 10.2 Å². The highest BCUT2D eigenvalue weighted by atomic mass is 16.4. The molecule has 0 bridgehead atoms. The fraction of sp³-hybridized carbons (Fsp3) is 0.750. The topological polar surface area (TPSA) is 89.9 Å². The fourth-order valence-electron chi connectivity index (χ4n) is 1.64. The Morgan fingerprint density at radius 1 is 1.36 bits per heavy atom. The number of likely N-dealkylation sites (tertiary alicyclic amines) is 1. The quantitative estimate of drug-likeness (QED) is 0.570. The van der Waals surface area contributed by atoms with Crippen LogP contribution >= 0.6 is 0 Å². The molecule has 0 aromatic carbocycles. The summed E-state index contributed by atoms with van der Waals surface area (Å²) in [5.41, 5.74) is 0. The average molecular weight is 202 g/mol. The summed E-state index contributed by atoms with van der Waals surface area (Å²) in [4.78, 5) is 22.6. The van der Waals surface area contributed by atoms with Crippen LogP contribution in [0.2, 0.25) is 0 Å². The Labute approximate surface area is 81.5 Å². The van der Waals surface area contributed by atoms with Crippen molar-refractivity contribution in [2.24, 2.45) is 5.92 Å². The monoisotopic (exact) mass is 202 g/mol. The molecular formula is C8H14N2O4. The van der Waals surface area contributed by atoms with Crippen molar-refractivity contribution in [3.8, 4) is 0 Å². The second-order valence-corrected chi connectivity index (χ2v) is 3.44. The van der Waals surface area contributed by atoms with E-state index in [2.05, 4.69) is 5.32 Å². The first kappa shape index (κ1) is 10.8. The first-order valence-electron chi connectivity index (χ1n) is 4.42. The highest BCUT2D eigenvalue weighted by molar-refractivity contribution is 5.72. The third kappa shape index (κ3) is 2.35. The van der Waals surface area contributed by atoms with Gasteiger partial charge in [-0.3, -0.25) is 4.79 Å². The lowest BCUT2D eigenvalue weighted by molar-refractivity contribution is -0.143. The smallest absolute Gasteiger partial charge is 0.407 e. The lowest BCUT2D eigenvalue weighted by Gasteiger charge is -2.34. The molecule has 1 amide bonds. The zero-order valence-electron chi connectivity index (χ0n) is 7.93. The third-order valence-electron chi connectivity index (χ3n) is 2.48. The van der Waals surface area contributed by atoms with E-state index in [0.717, 1.165) is 4.90 Å². The minimum Gasteiger partial charge on any atom is -0.481 e. The van der Waals surface area contributed by atoms with Gasteiger partial charge in [0.25, 0.3) is 0 Å². The summed E-state index contributed by atoms with van der Waals surface area (Å²) >= 11 is 0. The van der Waals surface area contributed by atoms with Crippen LogP contribution < -0.4 is 5.32 Å². The molecule has 14 heavy (non-hydrogen) atoms. The maximum atomic E-state index is 10.7. The third-order valence-corrected chi connectivity index (χ3v) is 2.48. The summed E-state index contributed by atoms with van der Waals surface area (Å²) in [6.07, 6.45) is -0.577. The largest absolute Gasteiger partial charge is 0.481 e. The van der Waals surface area contributed by atoms with Gasteiger partial charge in [0, 0.05) is 19.1 Å². The molecule has 1 saturated heterocycles. The minimum absolute atomic E-state index is 0.0686. The van der Waals surface area contributed by atoms with Gasteiger partial charge in [0.15, 0.2) is 0 Å². The molecule has 0 radical (unpaired) electrons. The maximum absolute atomic E-state index is 10.7. The van der Waals surface area contributed by atoms with E-state index in [1.165, 1.54) is 0 Å². The Morgan fingerprint density at radius 2 is 2.00 bits per heavy atom. The van der Waals surface area contributed by atoms with Crippen LogP contribution in [0.15, 0.2) is 0 Å². The van der Waals surface area contributed by atoms with Crippen LogP contribution in [0, 0.1) is 5.92 Å². The predicted octanol–water partition coefficient (Wildman–Crippen LogP) is -0.341. The van der Waals surface area contributed by atoms with Crippen LogP contribution in [0.4, 0.5) is 4.79 Å². The van der Waals surface area contributed by atoms with Gasteiger partial charge in [-0.05, 0) is 13.5 Å². The molecular weight excluding hydrogens is 188 g/mol. The second kappa shape index (κ2) is 4.28. The molecule has 0 aromatic rings. The van der Waals surface area contributed by atoms with Crippen LogP contribution in [0.3, 0.4) is 0 Å². The summed E-state index contributed by atoms with van der Waals surface area (Å²) < 4.78 is 0. The Hall–Kier alpha value is -1.30. The summed E-state index contributed by atoms with van der Waals surface area (Å²) in [5.74, 6) is -1.53. The first-order valence-corrected chi connectivity index (χ1v) is 4.42. The number of likely N-dealkylation sites (N-methyl/N-ethyl adjacent to an activating group) is 1. The molecule has 0 aliphatic carbocycles. The van der Waals surface area contributed by atoms with Crippen molar-refractivity contribution in [2.75, 3.05) is 20.1 Å². The van der Waals surface area contributed by atoms with Gasteiger partial charge >= 0.3 is 12.1 Å². The molecule has 6 nitrogen and oxygen atoms in total. The Morgan fingerprint density at radius 3 is 2.43 bits per heavy atom. The maximum Gasteiger partial charge on any atom is 0.407 e. The predicted molar refractivity (Wildman–Crippen MR) is 48.2 cm³/mol. The molecule has 6 heteroatoms. The summed E-state index contributed by atoms with van der Waals surface area (Å²) in [5, 5.41) is 20.5. The molecule has 0 saturated carbocycles. The molecule has 2 unspecified atom stereocenters. The number of amides is 1. The van der Waals surface area contributed by atoms with Gasteiger partial charge in [-0.1, -0.05) is 0 Å². The number of rotatable bonds is 2. The number of carboxylic acid groups (broad SMARTS) is 2. The number of nitrogens with one attached hydrogen (secondary N) is 1. The standard InChI is InChI=1S/C8H14N2O4/c1-9-6-2-5(7(11)12)3-10(4-6)8(13)14/h5-6,9H,2-4H2,1H3,(H,11,12)(H,13,14). The van der Waals surface area contributed by atoms with Gasteiger partial charge in [-0.2, -0.15) is 0 Å². The van der Waals surface area contributed by atoms with E-state index in [-0.39, 0.29) is 12.6 Å². The minimum atomic E-state index is -1.06. The highest BCUT2D eigenvalue weighted by Crippen LogP contribution is 2.17. The number of hydrogen-bond donors (Lipinski definition) is 3. The lowest BCUT2D eigenvalue weighted by Crippen LogP contribution is -2.51. The fourth-order valence-corrected chi connectivity index (χ4v) is 1.64. The average Bonchev–Trinajstić information content (AvgIpc) is 2.16. The molecule has 1 aliphatic rings. The van der Waals surface area contributed by atoms with Crippen LogP contribution in [0.5, 0.6) is 0 Å². The summed E-state index contributed by atoms with van der Waals surface area (Å²) in [7, 11) is 1.70. The van der Waals surface area contributed by atoms with Crippen molar-refractivity contribution in [2.45, 2.75) is 12.5 Å². The van der Waals surface area contributed by atoms with Crippen LogP contribution in [-0.2, 0) is 4.79 Å². The Kier molecular flexibility index (Phi) is 3.29. The zero-order chi connectivity index (χ0) is 10.7. The Balaban J connectivity index is 2.66. The van der Waals surface area contributed by atoms with Gasteiger partial charge < -0.3 is 20.4 Å². The molecule has 3 N–H and O–H groups in total. The molecule has 1 fully saturated rings. The molecule has 2 atom stereocenters. The molecule has 1 aliphatic heterocycles. The van der Waals surface area contributed by atoms with Crippen molar-refractivity contribution in [1.82, 2.24) is 10.2 Å². The summed E-state index contributed by atoms with van der Waals surface area (Å²) in [6, 6.07) is -0.0686. The molecule has 0 spiro atoms. The van der Waals surface area contributed by atoms with E-state index in [1.54, 1.807) is 7.05 Å². The lowest BCUT2D eigenvalue weighted by atomic mass is 9.95. The first-order chi connectivity index (χ1) is 6.54. The number of nitrogens with zero attached hydrogens (tertiary/aromatic N) is 1. The van der Waals surface area contributed by atoms with E-state index < -0.39 is 18.0 Å². The van der Waals surface area contributed by atoms with Crippen molar-refractivity contribution in [1.29, 1.82) is 0 Å². The van der Waals surface area contributed by atoms with E-state index in [1.807, 2.05) is 0 Å². The van der Waals surface area contributed by atoms with E-state index >= 15 is 0 Å². The second-order valence-electron chi connectivity index (χ2n) is 3.44. The van der Waals surface area contributed by atoms with Crippen molar-refractivity contribution in [3.05, 3.63) is 0 Å². The van der Waals surface area contributed by atoms with Crippen molar-refractivity contribution in [3.63, 3.8) is 0 Å². The van der Waals surface area contributed by atoms with Gasteiger partial charge in [-0.15, -0.1) is 0 Å². The van der Waals surface area contributed by atoms with Crippen molar-refractivity contribution >= 4 is 12.1 Å². The van der Waals surface area contributed by atoms with Crippen LogP contribution in [0.25, 0.3) is 0 Å². The number of piperidine rings is 1. The number of carbonyl (C=O) groups is 2. The summed E-state index contributed by atoms with van der Waals surface area (Å²) in [6.45, 7) is 0.443. The highest BCUT2D eigenvalue weighted by Gasteiger charge is 2.32. The molecule has 1 heterocycles. The van der Waals surface area contributed by atoms with Gasteiger partial charge in [0.1, 0.15) is 0 Å². The number of aliphatic carboxylic acids is 1. The SMILES string of the molecule is CNC1CC(C(=O)O)CN(C(=O)O)C1. The van der Waals surface area contributed by atoms with Crippen molar-refractivity contribution < 1.29 is 19.8 Å². The van der Waals surface area contributed by atoms with E-state index in [9.17, 15) is 9.59 Å². The van der Waals surface area contributed by atoms with Gasteiger partial charge in [-0.25, -0.2) is 4.79 Å². The van der Waals surface area contributed by atoms with Gasteiger partial charge in [0.2, 0.25) is 0 Å². The van der Waals surface area contributed by atoms with Crippen LogP contribution in [-0.4, -0.2) is 53.4 Å². The van der Waals surface area contributed by atoms with Crippen LogP contribution in [0.1, 0.15) is 6.42 Å².